The van der Waals surface area contributed by atoms with Crippen LogP contribution in [-0.4, -0.2) is 278 Å². The smallest absolute Gasteiger partial charge is 0.293 e. The third-order valence-corrected chi connectivity index (χ3v) is 24.3. The Bertz CT molecular complexity index is 5080. The molecule has 2 saturated heterocycles. The first-order valence-electron chi connectivity index (χ1n) is 42.5. The van der Waals surface area contributed by atoms with E-state index in [4.69, 9.17) is 10.5 Å². The van der Waals surface area contributed by atoms with E-state index in [9.17, 15) is 48.6 Å². The number of phenolic OH excluding ortho intramolecular Hbond substituents is 2. The van der Waals surface area contributed by atoms with Crippen molar-refractivity contribution in [3.63, 3.8) is 0 Å². The summed E-state index contributed by atoms with van der Waals surface area (Å²) in [6.45, 7) is 4.47. The molecular weight excluding hydrogens is 1700 g/mol. The van der Waals surface area contributed by atoms with E-state index < -0.39 is 187 Å². The molecule has 6 aromatic carbocycles. The Morgan fingerprint density at radius 1 is 0.504 bits per heavy atom. The number of nitrogens with zero attached hydrogens (tertiary/aromatic N) is 5. The Labute approximate surface area is 756 Å². The van der Waals surface area contributed by atoms with Crippen LogP contribution in [0.5, 0.6) is 11.5 Å². The molecule has 129 heavy (non-hydrogen) atoms. The van der Waals surface area contributed by atoms with E-state index in [-0.39, 0.29) is 92.6 Å². The monoisotopic (exact) mass is 1810 g/mol. The molecule has 12 atom stereocenters. The number of nitrogens with two attached hydrogens (primary N) is 1. The van der Waals surface area contributed by atoms with Gasteiger partial charge in [0.15, 0.2) is 0 Å². The first-order valence-corrected chi connectivity index (χ1v) is 44.8. The summed E-state index contributed by atoms with van der Waals surface area (Å²) in [5, 5.41) is 45.7. The Hall–Kier alpha value is -13.3. The second-order valence-electron chi connectivity index (χ2n) is 32.5. The number of hydrogen-bond acceptors (Lipinski definition) is 21. The van der Waals surface area contributed by atoms with E-state index in [1.165, 1.54) is 110 Å². The fraction of sp³-hybridized carbons (Fsp3) is 0.413. The number of aromatic amines is 1. The Morgan fingerprint density at radius 2 is 0.992 bits per heavy atom. The summed E-state index contributed by atoms with van der Waals surface area (Å²) in [7, 11) is 5.35. The van der Waals surface area contributed by atoms with Crippen molar-refractivity contribution in [3.05, 3.63) is 203 Å². The zero-order valence-electron chi connectivity index (χ0n) is 73.2. The van der Waals surface area contributed by atoms with Crippen LogP contribution in [0.2, 0.25) is 0 Å². The van der Waals surface area contributed by atoms with Crippen LogP contribution in [0.1, 0.15) is 86.8 Å². The second kappa shape index (κ2) is 48.6. The zero-order valence-corrected chi connectivity index (χ0v) is 74.9. The van der Waals surface area contributed by atoms with Gasteiger partial charge >= 0.3 is 0 Å². The predicted octanol–water partition coefficient (Wildman–Crippen LogP) is 1.83. The SMILES string of the molecule is CCCC[C@H]1C(=O)N(C)CC(=O)N[C@@H](COC=O)C(=O)N[C@@H](C)C(=O)N(C)[C@@H](Cc2ccccc2)C(=O)N[C@@H](Cc2ccc(O)cc2)C(=O)N2CSC[C@@H]2C(=O)N[C@@H](Cc2c[nH]c3ccccc23)C(=O)N[C@@H](Cc2ccc(O)cc2)C(=O)N[C@@H](CC(C)C)C(=O)N[C@H](C(=O)NCC(N)=O)CSCC(=O)N[C@@H](Cc2ccccc2)C(=O)N(C)[C@@H](Cc2ccccc2)C(=O)N1C. The van der Waals surface area contributed by atoms with Crippen LogP contribution in [0, 0.1) is 5.92 Å². The molecule has 35 nitrogen and oxygen atoms in total. The van der Waals surface area contributed by atoms with Crippen molar-refractivity contribution in [1.29, 1.82) is 0 Å². The first kappa shape index (κ1) is 99.5. The number of carbonyl (C=O) groups excluding carboxylic acids is 16. The summed E-state index contributed by atoms with van der Waals surface area (Å²) < 4.78 is 5.01. The quantitative estimate of drug-likeness (QED) is 0.0406. The number of nitrogens with one attached hydrogen (secondary N) is 10. The molecule has 3 heterocycles. The third kappa shape index (κ3) is 29.1. The highest BCUT2D eigenvalue weighted by molar-refractivity contribution is 8.00. The molecule has 688 valence electrons. The number of unbranched alkanes of at least 4 members (excludes halogenated alkanes) is 1. The number of likely N-dealkylation sites (N-methyl/N-ethyl adjacent to an activating group) is 4. The van der Waals surface area contributed by atoms with E-state index in [1.807, 2.05) is 6.92 Å². The van der Waals surface area contributed by atoms with Gasteiger partial charge in [0.25, 0.3) is 6.47 Å². The molecule has 15 amide bonds. The van der Waals surface area contributed by atoms with Crippen LogP contribution < -0.4 is 53.6 Å². The standard InChI is InChI=1S/C92H114N16O19S2/c1-9-10-30-74-91(125)104(5)48-79(113)98-72(49-127-54-109)85(119)96-56(4)88(122)106(7)75(43-58-24-16-12-17-25-58)86(120)102-71(42-61-33-37-64(111)38-34-61)90(124)108-53-129-51-77(108)87(121)101-69(45-62-46-94-66-29-21-20-28-65(62)66)84(118)100-68(40-60-31-35-63(110)36-32-60)83(117)99-67(39-55(2)3)82(116)103-73(81(115)95-47-78(93)112)50-128-52-80(114)97-70(41-57-22-14-11-15-23-57)89(123)107(8)76(92(126)105(74)6)44-59-26-18-13-19-27-59/h11-29,31-38,46,54-56,67-77,94,110-111H,9-10,30,39-45,47-53H2,1-8H3,(H2,93,112)(H,95,115)(H,96,119)(H,97,114)(H,98,113)(H,99,117)(H,100,118)(H,101,121)(H,102,120)(H,103,116)/t56-,67-,68-,69-,70-,71-,72-,73-,74-,75-,76-,77+/m0/s1. The molecule has 37 heteroatoms. The molecule has 14 N–H and O–H groups in total. The molecule has 0 spiro atoms. The minimum absolute atomic E-state index is 0.0216. The molecule has 0 aliphatic carbocycles. The van der Waals surface area contributed by atoms with E-state index >= 15 is 38.4 Å². The van der Waals surface area contributed by atoms with E-state index in [2.05, 4.69) is 52.8 Å². The van der Waals surface area contributed by atoms with Crippen LogP contribution in [0.3, 0.4) is 0 Å². The molecule has 0 radical (unpaired) electrons. The fourth-order valence-electron chi connectivity index (χ4n) is 15.1. The maximum absolute atomic E-state index is 15.6. The maximum Gasteiger partial charge on any atom is 0.293 e. The summed E-state index contributed by atoms with van der Waals surface area (Å²) in [6.07, 6.45) is 1.34. The van der Waals surface area contributed by atoms with Crippen LogP contribution >= 0.6 is 23.5 Å². The number of primary amides is 1. The number of thioether (sulfide) groups is 2. The van der Waals surface area contributed by atoms with Crippen molar-refractivity contribution in [3.8, 4) is 11.5 Å². The van der Waals surface area contributed by atoms with E-state index in [0.29, 0.717) is 57.1 Å². The number of benzene rings is 6. The number of carbonyl (C=O) groups is 16. The summed E-state index contributed by atoms with van der Waals surface area (Å²) in [5.41, 5.74) is 9.24. The van der Waals surface area contributed by atoms with Crippen molar-refractivity contribution < 1.29 is 91.7 Å². The summed E-state index contributed by atoms with van der Waals surface area (Å²) >= 11 is 2.02. The highest BCUT2D eigenvalue weighted by Gasteiger charge is 2.44. The highest BCUT2D eigenvalue weighted by Crippen LogP contribution is 2.27. The lowest BCUT2D eigenvalue weighted by Crippen LogP contribution is -2.61. The summed E-state index contributed by atoms with van der Waals surface area (Å²) in [4.78, 5) is 244. The maximum atomic E-state index is 15.6. The topological polar surface area (TPSA) is 489 Å². The molecule has 1 aromatic heterocycles. The number of phenols is 2. The number of para-hydroxylation sites is 1. The second-order valence-corrected chi connectivity index (χ2v) is 34.5. The van der Waals surface area contributed by atoms with Crippen molar-refractivity contribution in [2.75, 3.05) is 71.0 Å². The summed E-state index contributed by atoms with van der Waals surface area (Å²) in [5.74, 6) is -14.7. The highest BCUT2D eigenvalue weighted by atomic mass is 32.2. The van der Waals surface area contributed by atoms with Gasteiger partial charge < -0.3 is 98.0 Å². The van der Waals surface area contributed by atoms with Crippen molar-refractivity contribution in [2.24, 2.45) is 11.7 Å². The van der Waals surface area contributed by atoms with Crippen molar-refractivity contribution >= 4 is 130 Å². The van der Waals surface area contributed by atoms with Gasteiger partial charge in [-0.05, 0) is 89.4 Å². The molecule has 2 aliphatic rings. The molecule has 2 fully saturated rings. The van der Waals surface area contributed by atoms with Gasteiger partial charge in [0.1, 0.15) is 90.6 Å². The largest absolute Gasteiger partial charge is 0.508 e. The Morgan fingerprint density at radius 3 is 1.57 bits per heavy atom. The van der Waals surface area contributed by atoms with Crippen LogP contribution in [-0.2, 0) is 120 Å². The Kier molecular flexibility index (Phi) is 37.4. The lowest BCUT2D eigenvalue weighted by Gasteiger charge is -2.37. The van der Waals surface area contributed by atoms with Crippen LogP contribution in [0.4, 0.5) is 0 Å². The lowest BCUT2D eigenvalue weighted by molar-refractivity contribution is -0.151. The zero-order chi connectivity index (χ0) is 93.5. The number of amides is 15. The van der Waals surface area contributed by atoms with Gasteiger partial charge in [-0.3, -0.25) is 76.7 Å². The predicted molar refractivity (Wildman–Crippen MR) is 483 cm³/mol. The van der Waals surface area contributed by atoms with Crippen LogP contribution in [0.15, 0.2) is 170 Å². The van der Waals surface area contributed by atoms with Crippen LogP contribution in [0.25, 0.3) is 10.9 Å². The number of ether oxygens (including phenoxy) is 1. The van der Waals surface area contributed by atoms with Gasteiger partial charge in [0.2, 0.25) is 88.6 Å². The van der Waals surface area contributed by atoms with Gasteiger partial charge in [-0.25, -0.2) is 0 Å². The summed E-state index contributed by atoms with van der Waals surface area (Å²) in [6, 6.07) is 26.6. The molecule has 9 rings (SSSR count). The van der Waals surface area contributed by atoms with Gasteiger partial charge in [-0.1, -0.05) is 167 Å². The van der Waals surface area contributed by atoms with E-state index in [1.54, 1.807) is 135 Å². The van der Waals surface area contributed by atoms with Gasteiger partial charge in [-0.15, -0.1) is 23.5 Å². The Balaban J connectivity index is 1.11. The van der Waals surface area contributed by atoms with Gasteiger partial charge in [0.05, 0.1) is 24.7 Å². The minimum Gasteiger partial charge on any atom is -0.508 e. The van der Waals surface area contributed by atoms with Crippen molar-refractivity contribution in [2.45, 2.75) is 164 Å². The number of H-pyrrole nitrogens is 1. The molecule has 0 unspecified atom stereocenters. The molecule has 0 bridgehead atoms. The minimum atomic E-state index is -1.72. The lowest BCUT2D eigenvalue weighted by atomic mass is 9.99. The average molecular weight is 1810 g/mol. The fourth-order valence-corrected chi connectivity index (χ4v) is 17.1. The first-order chi connectivity index (χ1) is 61.7. The number of fused-ring (bicyclic) bond motifs is 2. The normalized spacial score (nSPS) is 22.8. The number of aromatic nitrogens is 1. The van der Waals surface area contributed by atoms with Crippen molar-refractivity contribution in [1.82, 2.24) is 77.3 Å². The van der Waals surface area contributed by atoms with E-state index in [0.717, 1.165) is 21.6 Å². The number of aromatic hydroxyl groups is 2. The molecule has 0 saturated carbocycles. The molecule has 2 aliphatic heterocycles. The molecular formula is C92H114N16O19S2. The third-order valence-electron chi connectivity index (χ3n) is 22.2. The molecule has 7 aromatic rings. The number of hydrogen-bond donors (Lipinski definition) is 13. The van der Waals surface area contributed by atoms with Gasteiger partial charge in [-0.2, -0.15) is 0 Å². The van der Waals surface area contributed by atoms with Gasteiger partial charge in [0, 0.05) is 95.3 Å². The average Bonchev–Trinajstić information content (AvgIpc) is 1.76. The number of rotatable bonds is 23.